The molecule has 0 bridgehead atoms. The first kappa shape index (κ1) is 19.4. The first-order valence-corrected chi connectivity index (χ1v) is 10.4. The van der Waals surface area contributed by atoms with Gasteiger partial charge in [0.25, 0.3) is 11.5 Å². The molecule has 0 spiro atoms. The number of thiophene rings is 1. The maximum absolute atomic E-state index is 13.2. The molecule has 1 fully saturated rings. The minimum absolute atomic E-state index is 0.0233. The van der Waals surface area contributed by atoms with Crippen LogP contribution in [0.4, 0.5) is 5.69 Å². The van der Waals surface area contributed by atoms with Crippen molar-refractivity contribution in [2.75, 3.05) is 38.2 Å². The minimum atomic E-state index is -0.0960. The molecule has 0 aliphatic carbocycles. The lowest BCUT2D eigenvalue weighted by molar-refractivity contribution is 0.0751. The predicted molar refractivity (Wildman–Crippen MR) is 115 cm³/mol. The third-order valence-electron chi connectivity index (χ3n) is 5.58. The normalized spacial score (nSPS) is 14.5. The predicted octanol–water partition coefficient (Wildman–Crippen LogP) is 2.58. The van der Waals surface area contributed by atoms with Crippen molar-refractivity contribution in [2.24, 2.45) is 7.05 Å². The van der Waals surface area contributed by atoms with Crippen LogP contribution in [0.1, 0.15) is 21.1 Å². The summed E-state index contributed by atoms with van der Waals surface area (Å²) in [6, 6.07) is 7.93. The molecule has 4 rings (SSSR count). The Kier molecular flexibility index (Phi) is 5.04. The first-order valence-electron chi connectivity index (χ1n) is 9.56. The average molecular weight is 413 g/mol. The van der Waals surface area contributed by atoms with E-state index in [2.05, 4.69) is 9.88 Å². The number of anilines is 1. The van der Waals surface area contributed by atoms with Gasteiger partial charge in [0.15, 0.2) is 0 Å². The van der Waals surface area contributed by atoms with Crippen LogP contribution < -0.4 is 15.2 Å². The van der Waals surface area contributed by atoms with E-state index in [1.807, 2.05) is 36.1 Å². The Morgan fingerprint density at radius 1 is 1.14 bits per heavy atom. The number of aromatic nitrogens is 2. The quantitative estimate of drug-likeness (QED) is 0.662. The summed E-state index contributed by atoms with van der Waals surface area (Å²) < 4.78 is 6.99. The molecule has 2 aromatic heterocycles. The van der Waals surface area contributed by atoms with Gasteiger partial charge >= 0.3 is 0 Å². The second kappa shape index (κ2) is 7.51. The van der Waals surface area contributed by atoms with E-state index in [-0.39, 0.29) is 11.5 Å². The van der Waals surface area contributed by atoms with Crippen molar-refractivity contribution in [2.45, 2.75) is 13.8 Å². The number of rotatable bonds is 3. The van der Waals surface area contributed by atoms with Crippen molar-refractivity contribution >= 4 is 33.1 Å². The lowest BCUT2D eigenvalue weighted by Gasteiger charge is -2.36. The van der Waals surface area contributed by atoms with Gasteiger partial charge in [-0.25, -0.2) is 4.98 Å². The van der Waals surface area contributed by atoms with E-state index in [1.54, 1.807) is 21.1 Å². The molecule has 0 unspecified atom stereocenters. The highest BCUT2D eigenvalue weighted by Gasteiger charge is 2.27. The van der Waals surface area contributed by atoms with Gasteiger partial charge in [-0.3, -0.25) is 14.2 Å². The van der Waals surface area contributed by atoms with E-state index >= 15 is 0 Å². The Morgan fingerprint density at radius 2 is 1.83 bits per heavy atom. The minimum Gasteiger partial charge on any atom is -0.495 e. The smallest absolute Gasteiger partial charge is 0.264 e. The third kappa shape index (κ3) is 3.27. The van der Waals surface area contributed by atoms with Crippen LogP contribution in [-0.2, 0) is 7.05 Å². The summed E-state index contributed by atoms with van der Waals surface area (Å²) in [4.78, 5) is 35.7. The summed E-state index contributed by atoms with van der Waals surface area (Å²) in [6.45, 7) is 6.35. The second-order valence-corrected chi connectivity index (χ2v) is 8.21. The number of hydrogen-bond acceptors (Lipinski definition) is 6. The van der Waals surface area contributed by atoms with Crippen LogP contribution in [0.2, 0.25) is 0 Å². The van der Waals surface area contributed by atoms with Gasteiger partial charge in [-0.05, 0) is 31.5 Å². The SMILES string of the molecule is COc1ccccc1N1CCN(C(=O)c2sc3nc(C)n(C)c(=O)c3c2C)CC1. The van der Waals surface area contributed by atoms with Crippen LogP contribution in [-0.4, -0.2) is 53.6 Å². The summed E-state index contributed by atoms with van der Waals surface area (Å²) in [5.41, 5.74) is 1.68. The number of ether oxygens (including phenoxy) is 1. The molecule has 3 aromatic rings. The number of para-hydroxylation sites is 2. The van der Waals surface area contributed by atoms with E-state index in [1.165, 1.54) is 15.9 Å². The van der Waals surface area contributed by atoms with Gasteiger partial charge in [0.2, 0.25) is 0 Å². The monoisotopic (exact) mass is 412 g/mol. The number of carbonyl (C=O) groups is 1. The molecular formula is C21H24N4O3S. The fourth-order valence-electron chi connectivity index (χ4n) is 3.75. The molecule has 1 aromatic carbocycles. The van der Waals surface area contributed by atoms with Gasteiger partial charge in [0, 0.05) is 33.2 Å². The summed E-state index contributed by atoms with van der Waals surface area (Å²) in [5.74, 6) is 1.46. The lowest BCUT2D eigenvalue weighted by atomic mass is 10.2. The van der Waals surface area contributed by atoms with E-state index < -0.39 is 0 Å². The molecule has 1 aliphatic heterocycles. The van der Waals surface area contributed by atoms with Gasteiger partial charge in [0.1, 0.15) is 16.4 Å². The van der Waals surface area contributed by atoms with E-state index in [0.717, 1.165) is 30.1 Å². The Morgan fingerprint density at radius 3 is 2.52 bits per heavy atom. The fourth-order valence-corrected chi connectivity index (χ4v) is 4.94. The maximum Gasteiger partial charge on any atom is 0.264 e. The van der Waals surface area contributed by atoms with Gasteiger partial charge < -0.3 is 14.5 Å². The molecule has 0 saturated carbocycles. The summed E-state index contributed by atoms with van der Waals surface area (Å²) in [5, 5.41) is 0.555. The molecule has 1 aliphatic rings. The van der Waals surface area contributed by atoms with E-state index in [4.69, 9.17) is 4.74 Å². The number of benzene rings is 1. The Labute approximate surface area is 173 Å². The molecule has 1 saturated heterocycles. The number of piperazine rings is 1. The van der Waals surface area contributed by atoms with Crippen LogP contribution >= 0.6 is 11.3 Å². The number of fused-ring (bicyclic) bond motifs is 1. The average Bonchev–Trinajstić information content (AvgIpc) is 3.07. The molecule has 8 heteroatoms. The largest absolute Gasteiger partial charge is 0.495 e. The third-order valence-corrected chi connectivity index (χ3v) is 6.76. The number of hydrogen-bond donors (Lipinski definition) is 0. The first-order chi connectivity index (χ1) is 13.9. The second-order valence-electron chi connectivity index (χ2n) is 7.21. The van der Waals surface area contributed by atoms with Crippen molar-refractivity contribution in [3.05, 3.63) is 50.9 Å². The molecule has 7 nitrogen and oxygen atoms in total. The topological polar surface area (TPSA) is 67.7 Å². The summed E-state index contributed by atoms with van der Waals surface area (Å²) in [7, 11) is 3.38. The highest BCUT2D eigenvalue weighted by Crippen LogP contribution is 2.31. The molecule has 0 radical (unpaired) electrons. The number of aryl methyl sites for hydroxylation is 2. The van der Waals surface area contributed by atoms with Gasteiger partial charge in [-0.15, -0.1) is 11.3 Å². The van der Waals surface area contributed by atoms with Crippen LogP contribution in [0.5, 0.6) is 5.75 Å². The van der Waals surface area contributed by atoms with E-state index in [9.17, 15) is 9.59 Å². The van der Waals surface area contributed by atoms with Crippen LogP contribution in [0.3, 0.4) is 0 Å². The molecule has 1 amide bonds. The number of nitrogens with zero attached hydrogens (tertiary/aromatic N) is 4. The Balaban J connectivity index is 1.57. The van der Waals surface area contributed by atoms with Gasteiger partial charge in [-0.2, -0.15) is 0 Å². The zero-order chi connectivity index (χ0) is 20.7. The van der Waals surface area contributed by atoms with Crippen molar-refractivity contribution < 1.29 is 9.53 Å². The zero-order valence-electron chi connectivity index (χ0n) is 17.1. The summed E-state index contributed by atoms with van der Waals surface area (Å²) in [6.07, 6.45) is 0. The summed E-state index contributed by atoms with van der Waals surface area (Å²) >= 11 is 1.32. The maximum atomic E-state index is 13.2. The van der Waals surface area contributed by atoms with Crippen molar-refractivity contribution in [3.8, 4) is 5.75 Å². The zero-order valence-corrected chi connectivity index (χ0v) is 17.9. The standard InChI is InChI=1S/C21H24N4O3S/c1-13-17-19(22-14(2)23(3)20(17)26)29-18(13)21(27)25-11-9-24(10-12-25)15-7-5-6-8-16(15)28-4/h5-8H,9-12H2,1-4H3. The van der Waals surface area contributed by atoms with Crippen LogP contribution in [0.25, 0.3) is 10.2 Å². The van der Waals surface area contributed by atoms with E-state index in [0.29, 0.717) is 34.0 Å². The number of methoxy groups -OCH3 is 1. The number of amides is 1. The van der Waals surface area contributed by atoms with Crippen molar-refractivity contribution in [3.63, 3.8) is 0 Å². The molecular weight excluding hydrogens is 388 g/mol. The lowest BCUT2D eigenvalue weighted by Crippen LogP contribution is -2.48. The van der Waals surface area contributed by atoms with Gasteiger partial charge in [0.05, 0.1) is 23.1 Å². The number of carbonyl (C=O) groups excluding carboxylic acids is 1. The molecule has 152 valence electrons. The Hall–Kier alpha value is -2.87. The highest BCUT2D eigenvalue weighted by atomic mass is 32.1. The molecule has 29 heavy (non-hydrogen) atoms. The fraction of sp³-hybridized carbons (Fsp3) is 0.381. The van der Waals surface area contributed by atoms with Crippen LogP contribution in [0.15, 0.2) is 29.1 Å². The van der Waals surface area contributed by atoms with Crippen LogP contribution in [0, 0.1) is 13.8 Å². The molecule has 3 heterocycles. The highest BCUT2D eigenvalue weighted by molar-refractivity contribution is 7.20. The van der Waals surface area contributed by atoms with Crippen molar-refractivity contribution in [1.29, 1.82) is 0 Å². The van der Waals surface area contributed by atoms with Crippen molar-refractivity contribution in [1.82, 2.24) is 14.5 Å². The molecule has 0 atom stereocenters. The molecule has 0 N–H and O–H groups in total. The Bertz CT molecular complexity index is 1140. The van der Waals surface area contributed by atoms with Gasteiger partial charge in [-0.1, -0.05) is 12.1 Å².